The van der Waals surface area contributed by atoms with Crippen molar-refractivity contribution in [1.82, 2.24) is 14.5 Å². The second kappa shape index (κ2) is 10.2. The molecule has 1 N–H and O–H groups in total. The summed E-state index contributed by atoms with van der Waals surface area (Å²) in [6.07, 6.45) is 7.08. The molecule has 2 aromatic heterocycles. The first-order valence-electron chi connectivity index (χ1n) is 13.1. The third-order valence-electron chi connectivity index (χ3n) is 7.58. The predicted octanol–water partition coefficient (Wildman–Crippen LogP) is 5.76. The van der Waals surface area contributed by atoms with E-state index < -0.39 is 0 Å². The quantitative estimate of drug-likeness (QED) is 0.293. The molecule has 6 rings (SSSR count). The predicted molar refractivity (Wildman–Crippen MR) is 149 cm³/mol. The number of unbranched alkanes of at least 4 members (excludes halogenated alkanes) is 1. The molecule has 0 bridgehead atoms. The molecule has 0 atom stereocenters. The Morgan fingerprint density at radius 3 is 2.43 bits per heavy atom. The summed E-state index contributed by atoms with van der Waals surface area (Å²) in [5.41, 5.74) is 4.30. The highest BCUT2D eigenvalue weighted by Crippen LogP contribution is 2.22. The zero-order chi connectivity index (χ0) is 25.2. The van der Waals surface area contributed by atoms with Crippen molar-refractivity contribution in [3.63, 3.8) is 0 Å². The zero-order valence-corrected chi connectivity index (χ0v) is 20.9. The summed E-state index contributed by atoms with van der Waals surface area (Å²) in [4.78, 5) is 21.1. The molecule has 0 saturated carbocycles. The van der Waals surface area contributed by atoms with Gasteiger partial charge >= 0.3 is 0 Å². The first kappa shape index (κ1) is 23.5. The summed E-state index contributed by atoms with van der Waals surface area (Å²) in [6, 6.07) is 23.0. The van der Waals surface area contributed by atoms with Crippen LogP contribution in [-0.4, -0.2) is 47.2 Å². The normalized spacial score (nSPS) is 14.6. The number of H-pyrrole nitrogens is 1. The van der Waals surface area contributed by atoms with Gasteiger partial charge in [-0.3, -0.25) is 14.3 Å². The average molecular weight is 495 g/mol. The molecule has 5 nitrogen and oxygen atoms in total. The van der Waals surface area contributed by atoms with Gasteiger partial charge in [0.2, 0.25) is 0 Å². The van der Waals surface area contributed by atoms with Crippen molar-refractivity contribution in [2.75, 3.05) is 37.6 Å². The second-order valence-electron chi connectivity index (χ2n) is 9.88. The highest BCUT2D eigenvalue weighted by molar-refractivity contribution is 5.83. The molecular formula is C31H31FN4O. The van der Waals surface area contributed by atoms with Crippen LogP contribution in [0.1, 0.15) is 18.4 Å². The SMILES string of the molecule is O=c1c2ccccc2ccn1-c1ccc(N2CCN(CCCCc3c[nH]c4ccc(F)cc34)CC2)cc1. The first-order valence-corrected chi connectivity index (χ1v) is 13.1. The molecule has 3 heterocycles. The summed E-state index contributed by atoms with van der Waals surface area (Å²) in [6.45, 7) is 5.18. The fraction of sp³-hybridized carbons (Fsp3) is 0.258. The second-order valence-corrected chi connectivity index (χ2v) is 9.88. The summed E-state index contributed by atoms with van der Waals surface area (Å²) < 4.78 is 15.3. The molecule has 0 amide bonds. The molecule has 1 fully saturated rings. The number of anilines is 1. The van der Waals surface area contributed by atoms with Crippen molar-refractivity contribution in [2.45, 2.75) is 19.3 Å². The smallest absolute Gasteiger partial charge is 0.262 e. The van der Waals surface area contributed by atoms with Gasteiger partial charge in [-0.1, -0.05) is 18.2 Å². The summed E-state index contributed by atoms with van der Waals surface area (Å²) in [5.74, 6) is -0.177. The van der Waals surface area contributed by atoms with Crippen molar-refractivity contribution in [3.8, 4) is 5.69 Å². The van der Waals surface area contributed by atoms with Gasteiger partial charge in [-0.15, -0.1) is 0 Å². The average Bonchev–Trinajstić information content (AvgIpc) is 3.34. The van der Waals surface area contributed by atoms with E-state index in [2.05, 4.69) is 26.9 Å². The Bertz CT molecular complexity index is 1580. The van der Waals surface area contributed by atoms with Crippen LogP contribution < -0.4 is 10.5 Å². The minimum atomic E-state index is -0.177. The minimum absolute atomic E-state index is 0.0105. The number of aromatic amines is 1. The van der Waals surface area contributed by atoms with E-state index in [0.29, 0.717) is 0 Å². The van der Waals surface area contributed by atoms with Gasteiger partial charge in [0.1, 0.15) is 5.82 Å². The first-order chi connectivity index (χ1) is 18.2. The molecule has 1 aliphatic heterocycles. The van der Waals surface area contributed by atoms with E-state index in [-0.39, 0.29) is 11.4 Å². The Morgan fingerprint density at radius 1 is 0.811 bits per heavy atom. The van der Waals surface area contributed by atoms with Gasteiger partial charge in [-0.05, 0) is 91.4 Å². The fourth-order valence-corrected chi connectivity index (χ4v) is 5.45. The molecule has 1 saturated heterocycles. The van der Waals surface area contributed by atoms with Crippen LogP contribution in [-0.2, 0) is 6.42 Å². The summed E-state index contributed by atoms with van der Waals surface area (Å²) in [5, 5.41) is 2.71. The molecule has 0 radical (unpaired) electrons. The monoisotopic (exact) mass is 494 g/mol. The minimum Gasteiger partial charge on any atom is -0.369 e. The maximum atomic E-state index is 13.6. The van der Waals surface area contributed by atoms with E-state index in [9.17, 15) is 9.18 Å². The number of aryl methyl sites for hydroxylation is 1. The highest BCUT2D eigenvalue weighted by Gasteiger charge is 2.17. The Kier molecular flexibility index (Phi) is 6.49. The molecule has 0 unspecified atom stereocenters. The van der Waals surface area contributed by atoms with Crippen molar-refractivity contribution in [2.24, 2.45) is 0 Å². The van der Waals surface area contributed by atoms with Crippen molar-refractivity contribution in [3.05, 3.63) is 107 Å². The van der Waals surface area contributed by atoms with Gasteiger partial charge < -0.3 is 9.88 Å². The van der Waals surface area contributed by atoms with Crippen LogP contribution in [0.2, 0.25) is 0 Å². The number of pyridine rings is 1. The number of fused-ring (bicyclic) bond motifs is 2. The van der Waals surface area contributed by atoms with Crippen LogP contribution in [0.5, 0.6) is 0 Å². The number of aromatic nitrogens is 2. The van der Waals surface area contributed by atoms with Crippen LogP contribution >= 0.6 is 0 Å². The van der Waals surface area contributed by atoms with Crippen LogP contribution in [0.3, 0.4) is 0 Å². The summed E-state index contributed by atoms with van der Waals surface area (Å²) in [7, 11) is 0. The Hall–Kier alpha value is -3.90. The van der Waals surface area contributed by atoms with Crippen LogP contribution in [0.4, 0.5) is 10.1 Å². The largest absolute Gasteiger partial charge is 0.369 e. The lowest BCUT2D eigenvalue weighted by Gasteiger charge is -2.36. The van der Waals surface area contributed by atoms with E-state index in [1.165, 1.54) is 17.3 Å². The van der Waals surface area contributed by atoms with Crippen molar-refractivity contribution in [1.29, 1.82) is 0 Å². The number of halogens is 1. The van der Waals surface area contributed by atoms with Gasteiger partial charge in [-0.25, -0.2) is 4.39 Å². The molecule has 3 aromatic carbocycles. The maximum absolute atomic E-state index is 13.6. The Morgan fingerprint density at radius 2 is 1.59 bits per heavy atom. The third-order valence-corrected chi connectivity index (χ3v) is 7.58. The molecule has 37 heavy (non-hydrogen) atoms. The van der Waals surface area contributed by atoms with Crippen molar-refractivity contribution >= 4 is 27.4 Å². The number of piperazine rings is 1. The number of nitrogens with zero attached hydrogens (tertiary/aromatic N) is 3. The van der Waals surface area contributed by atoms with E-state index in [1.54, 1.807) is 10.6 Å². The topological polar surface area (TPSA) is 44.3 Å². The van der Waals surface area contributed by atoms with Crippen molar-refractivity contribution < 1.29 is 4.39 Å². The molecule has 0 aliphatic carbocycles. The highest BCUT2D eigenvalue weighted by atomic mass is 19.1. The van der Waals surface area contributed by atoms with Gasteiger partial charge in [0.05, 0.1) is 0 Å². The van der Waals surface area contributed by atoms with Gasteiger partial charge in [0, 0.05) is 66.2 Å². The van der Waals surface area contributed by atoms with Crippen LogP contribution in [0.15, 0.2) is 90.0 Å². The zero-order valence-electron chi connectivity index (χ0n) is 20.9. The fourth-order valence-electron chi connectivity index (χ4n) is 5.45. The van der Waals surface area contributed by atoms with E-state index in [1.807, 2.05) is 60.9 Å². The Balaban J connectivity index is 1.01. The molecule has 0 spiro atoms. The molecule has 5 aromatic rings. The maximum Gasteiger partial charge on any atom is 0.262 e. The number of nitrogens with one attached hydrogen (secondary N) is 1. The van der Waals surface area contributed by atoms with E-state index in [0.717, 1.165) is 79.3 Å². The Labute approximate surface area is 215 Å². The number of rotatable bonds is 7. The summed E-state index contributed by atoms with van der Waals surface area (Å²) >= 11 is 0. The van der Waals surface area contributed by atoms with Gasteiger partial charge in [0.15, 0.2) is 0 Å². The lowest BCUT2D eigenvalue weighted by Crippen LogP contribution is -2.46. The van der Waals surface area contributed by atoms with Crippen LogP contribution in [0, 0.1) is 5.82 Å². The van der Waals surface area contributed by atoms with Gasteiger partial charge in [-0.2, -0.15) is 0 Å². The van der Waals surface area contributed by atoms with Crippen LogP contribution in [0.25, 0.3) is 27.4 Å². The lowest BCUT2D eigenvalue weighted by atomic mass is 10.1. The standard InChI is InChI=1S/C31H31FN4O/c32-25-8-13-30-29(21-25)24(22-33-30)6-3-4-15-34-17-19-35(20-18-34)26-9-11-27(12-10-26)36-16-14-23-5-1-2-7-28(23)31(36)37/h1-2,5,7-14,16,21-22,33H,3-4,6,15,17-20H2. The third kappa shape index (κ3) is 4.89. The molecule has 1 aliphatic rings. The number of hydrogen-bond donors (Lipinski definition) is 1. The number of hydrogen-bond acceptors (Lipinski definition) is 3. The molecule has 6 heteroatoms. The molecular weight excluding hydrogens is 463 g/mol. The lowest BCUT2D eigenvalue weighted by molar-refractivity contribution is 0.253. The molecule has 188 valence electrons. The van der Waals surface area contributed by atoms with Gasteiger partial charge in [0.25, 0.3) is 5.56 Å². The number of benzene rings is 3. The van der Waals surface area contributed by atoms with E-state index >= 15 is 0 Å². The van der Waals surface area contributed by atoms with E-state index in [4.69, 9.17) is 0 Å².